The maximum Gasteiger partial charge on any atom is 0.103 e. The Morgan fingerprint density at radius 3 is 2.40 bits per heavy atom. The monoisotopic (exact) mass is 276 g/mol. The molecule has 0 saturated carbocycles. The largest absolute Gasteiger partial charge is 0.360 e. The van der Waals surface area contributed by atoms with Crippen molar-refractivity contribution in [1.82, 2.24) is 9.80 Å². The summed E-state index contributed by atoms with van der Waals surface area (Å²) in [5.41, 5.74) is 1.48. The average molecular weight is 276 g/mol. The van der Waals surface area contributed by atoms with Crippen molar-refractivity contribution >= 4 is 0 Å². The van der Waals surface area contributed by atoms with Gasteiger partial charge in [0.2, 0.25) is 0 Å². The Labute approximate surface area is 126 Å². The van der Waals surface area contributed by atoms with Gasteiger partial charge in [-0.1, -0.05) is 26.0 Å². The average Bonchev–Trinajstić information content (AvgIpc) is 2.47. The molecule has 0 N–H and O–H groups in total. The highest BCUT2D eigenvalue weighted by atomic mass is 15.3. The van der Waals surface area contributed by atoms with E-state index in [2.05, 4.69) is 69.7 Å². The zero-order valence-corrected chi connectivity index (χ0v) is 14.2. The zero-order chi connectivity index (χ0) is 15.5. The standard InChI is InChI=1S/C18H32N2/c1-8-12-14-17(11-4)18(19(6)15-13-9-2)20(7)16(5)10-3/h2,8,12,16H,10-11,13-15H2,1,3-7H3/b12-8+,18-17-. The molecule has 0 spiro atoms. The van der Waals surface area contributed by atoms with Crippen molar-refractivity contribution in [2.24, 2.45) is 0 Å². The minimum absolute atomic E-state index is 0.533. The fourth-order valence-corrected chi connectivity index (χ4v) is 2.26. The normalized spacial score (nSPS) is 13.8. The smallest absolute Gasteiger partial charge is 0.103 e. The molecule has 0 bridgehead atoms. The summed E-state index contributed by atoms with van der Waals surface area (Å²) in [6.45, 7) is 9.73. The van der Waals surface area contributed by atoms with Crippen LogP contribution >= 0.6 is 0 Å². The third-order valence-corrected chi connectivity index (χ3v) is 3.88. The van der Waals surface area contributed by atoms with Gasteiger partial charge in [-0.15, -0.1) is 12.3 Å². The van der Waals surface area contributed by atoms with Gasteiger partial charge in [-0.05, 0) is 38.7 Å². The summed E-state index contributed by atoms with van der Waals surface area (Å²) in [5, 5.41) is 0. The Bertz CT molecular complexity index is 360. The van der Waals surface area contributed by atoms with Crippen LogP contribution in [0.3, 0.4) is 0 Å². The van der Waals surface area contributed by atoms with E-state index in [4.69, 9.17) is 6.42 Å². The minimum atomic E-state index is 0.533. The molecule has 0 amide bonds. The van der Waals surface area contributed by atoms with Crippen molar-refractivity contribution in [3.05, 3.63) is 23.5 Å². The summed E-state index contributed by atoms with van der Waals surface area (Å²) in [6.07, 6.45) is 13.8. The van der Waals surface area contributed by atoms with E-state index in [1.807, 2.05) is 0 Å². The first-order chi connectivity index (χ1) is 9.53. The first-order valence-corrected chi connectivity index (χ1v) is 7.73. The number of hydrogen-bond acceptors (Lipinski definition) is 2. The van der Waals surface area contributed by atoms with Crippen LogP contribution in [0.5, 0.6) is 0 Å². The van der Waals surface area contributed by atoms with Gasteiger partial charge in [0, 0.05) is 33.1 Å². The predicted octanol–water partition coefficient (Wildman–Crippen LogP) is 4.26. The molecule has 0 saturated heterocycles. The second-order valence-electron chi connectivity index (χ2n) is 5.30. The number of terminal acetylenes is 1. The van der Waals surface area contributed by atoms with Gasteiger partial charge in [-0.2, -0.15) is 0 Å². The predicted molar refractivity (Wildman–Crippen MR) is 90.3 cm³/mol. The molecular formula is C18H32N2. The molecule has 2 nitrogen and oxygen atoms in total. The van der Waals surface area contributed by atoms with E-state index in [0.29, 0.717) is 6.04 Å². The highest BCUT2D eigenvalue weighted by Gasteiger charge is 2.17. The summed E-state index contributed by atoms with van der Waals surface area (Å²) in [6, 6.07) is 0.533. The summed E-state index contributed by atoms with van der Waals surface area (Å²) in [4.78, 5) is 4.72. The van der Waals surface area contributed by atoms with Crippen molar-refractivity contribution in [2.45, 2.75) is 59.4 Å². The fourth-order valence-electron chi connectivity index (χ4n) is 2.26. The molecule has 0 aliphatic carbocycles. The maximum atomic E-state index is 5.41. The molecule has 20 heavy (non-hydrogen) atoms. The lowest BCUT2D eigenvalue weighted by atomic mass is 10.1. The van der Waals surface area contributed by atoms with E-state index >= 15 is 0 Å². The van der Waals surface area contributed by atoms with Crippen LogP contribution in [0.15, 0.2) is 23.5 Å². The molecule has 0 aromatic carbocycles. The Morgan fingerprint density at radius 1 is 1.30 bits per heavy atom. The molecule has 1 unspecified atom stereocenters. The van der Waals surface area contributed by atoms with Crippen LogP contribution in [0.1, 0.15) is 53.4 Å². The second kappa shape index (κ2) is 10.4. The van der Waals surface area contributed by atoms with E-state index < -0.39 is 0 Å². The molecule has 0 aliphatic heterocycles. The molecule has 0 aliphatic rings. The third-order valence-electron chi connectivity index (χ3n) is 3.88. The van der Waals surface area contributed by atoms with Gasteiger partial charge in [-0.25, -0.2) is 0 Å². The zero-order valence-electron chi connectivity index (χ0n) is 14.2. The van der Waals surface area contributed by atoms with Crippen LogP contribution in [-0.2, 0) is 0 Å². The second-order valence-corrected chi connectivity index (χ2v) is 5.30. The van der Waals surface area contributed by atoms with E-state index in [1.165, 1.54) is 11.4 Å². The van der Waals surface area contributed by atoms with Crippen molar-refractivity contribution < 1.29 is 0 Å². The molecule has 0 fully saturated rings. The molecule has 0 radical (unpaired) electrons. The van der Waals surface area contributed by atoms with Crippen LogP contribution in [-0.4, -0.2) is 36.5 Å². The van der Waals surface area contributed by atoms with Crippen molar-refractivity contribution in [3.8, 4) is 12.3 Å². The van der Waals surface area contributed by atoms with E-state index in [9.17, 15) is 0 Å². The quantitative estimate of drug-likeness (QED) is 0.458. The van der Waals surface area contributed by atoms with Gasteiger partial charge in [-0.3, -0.25) is 0 Å². The Balaban J connectivity index is 5.40. The summed E-state index contributed by atoms with van der Waals surface area (Å²) in [7, 11) is 4.35. The lowest BCUT2D eigenvalue weighted by Gasteiger charge is -2.36. The molecule has 2 heteroatoms. The van der Waals surface area contributed by atoms with Crippen LogP contribution < -0.4 is 0 Å². The third kappa shape index (κ3) is 5.74. The molecule has 0 rings (SSSR count). The van der Waals surface area contributed by atoms with Crippen LogP contribution in [0.25, 0.3) is 0 Å². The highest BCUT2D eigenvalue weighted by molar-refractivity contribution is 5.16. The van der Waals surface area contributed by atoms with Gasteiger partial charge in [0.1, 0.15) is 5.82 Å². The lowest BCUT2D eigenvalue weighted by Crippen LogP contribution is -2.37. The van der Waals surface area contributed by atoms with E-state index in [0.717, 1.165) is 32.2 Å². The summed E-state index contributed by atoms with van der Waals surface area (Å²) in [5.74, 6) is 4.08. The van der Waals surface area contributed by atoms with E-state index in [1.54, 1.807) is 0 Å². The molecule has 0 aromatic rings. The molecular weight excluding hydrogens is 244 g/mol. The first-order valence-electron chi connectivity index (χ1n) is 7.73. The highest BCUT2D eigenvalue weighted by Crippen LogP contribution is 2.22. The van der Waals surface area contributed by atoms with Crippen molar-refractivity contribution in [1.29, 1.82) is 0 Å². The molecule has 1 atom stereocenters. The molecule has 0 heterocycles. The van der Waals surface area contributed by atoms with Crippen molar-refractivity contribution in [2.75, 3.05) is 20.6 Å². The SMILES string of the molecule is C#CCCN(C)/C(=C(\CC)C/C=C/C)N(C)C(C)CC. The van der Waals surface area contributed by atoms with Gasteiger partial charge < -0.3 is 9.80 Å². The molecule has 114 valence electrons. The Morgan fingerprint density at radius 2 is 1.95 bits per heavy atom. The Kier molecular flexibility index (Phi) is 9.72. The number of hydrogen-bond donors (Lipinski definition) is 0. The first kappa shape index (κ1) is 18.6. The van der Waals surface area contributed by atoms with Crippen LogP contribution in [0.4, 0.5) is 0 Å². The van der Waals surface area contributed by atoms with Gasteiger partial charge in [0.05, 0.1) is 0 Å². The number of rotatable bonds is 9. The number of nitrogens with zero attached hydrogens (tertiary/aromatic N) is 2. The fraction of sp³-hybridized carbons (Fsp3) is 0.667. The van der Waals surface area contributed by atoms with Crippen molar-refractivity contribution in [3.63, 3.8) is 0 Å². The maximum absolute atomic E-state index is 5.41. The van der Waals surface area contributed by atoms with Gasteiger partial charge >= 0.3 is 0 Å². The number of allylic oxidation sites excluding steroid dienone is 3. The lowest BCUT2D eigenvalue weighted by molar-refractivity contribution is 0.216. The Hall–Kier alpha value is -1.36. The van der Waals surface area contributed by atoms with Crippen LogP contribution in [0, 0.1) is 12.3 Å². The van der Waals surface area contributed by atoms with Crippen LogP contribution in [0.2, 0.25) is 0 Å². The minimum Gasteiger partial charge on any atom is -0.360 e. The summed E-state index contributed by atoms with van der Waals surface area (Å²) >= 11 is 0. The molecule has 0 aromatic heterocycles. The topological polar surface area (TPSA) is 6.48 Å². The van der Waals surface area contributed by atoms with Gasteiger partial charge in [0.15, 0.2) is 0 Å². The summed E-state index contributed by atoms with van der Waals surface area (Å²) < 4.78 is 0. The van der Waals surface area contributed by atoms with E-state index in [-0.39, 0.29) is 0 Å². The van der Waals surface area contributed by atoms with Gasteiger partial charge in [0.25, 0.3) is 0 Å².